The number of carbonyl (C=O) groups is 1. The molecule has 5 heteroatoms. The van der Waals surface area contributed by atoms with Crippen LogP contribution in [-0.4, -0.2) is 16.0 Å². The maximum atomic E-state index is 13.0. The molecule has 0 saturated heterocycles. The van der Waals surface area contributed by atoms with Crippen LogP contribution in [0.15, 0.2) is 47.4 Å². The van der Waals surface area contributed by atoms with E-state index in [1.165, 1.54) is 12.3 Å². The van der Waals surface area contributed by atoms with Gasteiger partial charge in [-0.3, -0.25) is 9.59 Å². The molecule has 1 heterocycles. The van der Waals surface area contributed by atoms with Crippen molar-refractivity contribution in [1.82, 2.24) is 4.98 Å². The summed E-state index contributed by atoms with van der Waals surface area (Å²) in [6.45, 7) is 9.94. The van der Waals surface area contributed by atoms with Crippen molar-refractivity contribution >= 4 is 22.5 Å². The number of rotatable bonds is 2. The number of para-hydroxylation sites is 1. The standard InChI is InChI=1S/C24H28N2O3/c1-23(2,3)16-11-17(24(4,5)6)20(27)12-19(16)26-22(29)15-13-25-18-10-8-7-9-14(18)21(15)28/h7-13,27H,1-6H3,(H,25,28)(H,26,29)/i4D. The lowest BCUT2D eigenvalue weighted by atomic mass is 9.79. The Labute approximate surface area is 172 Å². The predicted molar refractivity (Wildman–Crippen MR) is 118 cm³/mol. The number of phenols is 1. The number of hydrogen-bond donors (Lipinski definition) is 3. The Kier molecular flexibility index (Phi) is 4.69. The first-order valence-electron chi connectivity index (χ1n) is 10.3. The summed E-state index contributed by atoms with van der Waals surface area (Å²) in [5, 5.41) is 13.9. The monoisotopic (exact) mass is 393 g/mol. The summed E-state index contributed by atoms with van der Waals surface area (Å²) < 4.78 is 7.82. The van der Waals surface area contributed by atoms with E-state index >= 15 is 0 Å². The number of carbonyl (C=O) groups excluding carboxylic acids is 1. The summed E-state index contributed by atoms with van der Waals surface area (Å²) >= 11 is 0. The molecule has 0 atom stereocenters. The maximum absolute atomic E-state index is 13.0. The van der Waals surface area contributed by atoms with Gasteiger partial charge in [0.25, 0.3) is 5.91 Å². The Morgan fingerprint density at radius 1 is 1.07 bits per heavy atom. The highest BCUT2D eigenvalue weighted by molar-refractivity contribution is 6.06. The van der Waals surface area contributed by atoms with Gasteiger partial charge in [-0.15, -0.1) is 0 Å². The fourth-order valence-corrected chi connectivity index (χ4v) is 3.38. The van der Waals surface area contributed by atoms with E-state index in [4.69, 9.17) is 1.37 Å². The van der Waals surface area contributed by atoms with Gasteiger partial charge in [0.2, 0.25) is 5.43 Å². The molecule has 0 saturated carbocycles. The molecule has 2 aromatic carbocycles. The first kappa shape index (κ1) is 19.2. The van der Waals surface area contributed by atoms with Crippen LogP contribution in [-0.2, 0) is 10.8 Å². The number of pyridine rings is 1. The van der Waals surface area contributed by atoms with Crippen molar-refractivity contribution in [2.24, 2.45) is 0 Å². The second kappa shape index (κ2) is 7.07. The lowest BCUT2D eigenvalue weighted by Crippen LogP contribution is -2.25. The molecule has 3 rings (SSSR count). The summed E-state index contributed by atoms with van der Waals surface area (Å²) in [7, 11) is 0. The highest BCUT2D eigenvalue weighted by Gasteiger charge is 2.26. The summed E-state index contributed by atoms with van der Waals surface area (Å²) in [4.78, 5) is 28.7. The van der Waals surface area contributed by atoms with Crippen LogP contribution in [0.1, 0.15) is 64.4 Å². The van der Waals surface area contributed by atoms with Crippen LogP contribution in [0, 0.1) is 0 Å². The number of phenolic OH excluding ortho intramolecular Hbond substituents is 1. The average Bonchev–Trinajstić information content (AvgIpc) is 2.67. The van der Waals surface area contributed by atoms with Gasteiger partial charge in [-0.25, -0.2) is 0 Å². The minimum atomic E-state index is -0.542. The lowest BCUT2D eigenvalue weighted by molar-refractivity contribution is 0.102. The van der Waals surface area contributed by atoms with Gasteiger partial charge in [-0.2, -0.15) is 0 Å². The molecule has 3 N–H and O–H groups in total. The SMILES string of the molecule is [2H]CC(C)(C)c1cc(C(C)(C)C)c(NC(=O)c2c[nH]c3ccccc3c2=O)cc1O. The summed E-state index contributed by atoms with van der Waals surface area (Å²) in [5.74, 6) is -0.526. The molecule has 0 spiro atoms. The zero-order valence-corrected chi connectivity index (χ0v) is 17.5. The van der Waals surface area contributed by atoms with Crippen LogP contribution in [0.5, 0.6) is 5.75 Å². The zero-order chi connectivity index (χ0) is 22.3. The molecular weight excluding hydrogens is 364 g/mol. The number of anilines is 1. The molecule has 0 bridgehead atoms. The van der Waals surface area contributed by atoms with Gasteiger partial charge in [-0.1, -0.05) is 53.7 Å². The fraction of sp³-hybridized carbons (Fsp3) is 0.333. The number of fused-ring (bicyclic) bond motifs is 1. The van der Waals surface area contributed by atoms with Crippen molar-refractivity contribution in [2.45, 2.75) is 52.3 Å². The van der Waals surface area contributed by atoms with E-state index in [0.717, 1.165) is 5.56 Å². The third kappa shape index (κ3) is 4.04. The number of aromatic nitrogens is 1. The maximum Gasteiger partial charge on any atom is 0.261 e. The van der Waals surface area contributed by atoms with Crippen LogP contribution in [0.25, 0.3) is 10.9 Å². The Morgan fingerprint density at radius 2 is 1.76 bits per heavy atom. The van der Waals surface area contributed by atoms with Gasteiger partial charge < -0.3 is 15.4 Å². The second-order valence-electron chi connectivity index (χ2n) is 9.08. The topological polar surface area (TPSA) is 82.2 Å². The first-order chi connectivity index (χ1) is 14.0. The number of aromatic hydroxyl groups is 1. The number of nitrogens with one attached hydrogen (secondary N) is 2. The molecule has 1 aromatic heterocycles. The van der Waals surface area contributed by atoms with Gasteiger partial charge in [0.05, 0.1) is 0 Å². The zero-order valence-electron chi connectivity index (χ0n) is 18.5. The largest absolute Gasteiger partial charge is 0.508 e. The molecular formula is C24H28N2O3. The summed E-state index contributed by atoms with van der Waals surface area (Å²) in [5.41, 5.74) is 1.36. The molecule has 152 valence electrons. The summed E-state index contributed by atoms with van der Waals surface area (Å²) in [6, 6.07) is 10.4. The van der Waals surface area contributed by atoms with Crippen LogP contribution >= 0.6 is 0 Å². The molecule has 0 aliphatic heterocycles. The Hall–Kier alpha value is -3.08. The molecule has 0 unspecified atom stereocenters. The Bertz CT molecular complexity index is 1170. The number of hydrogen-bond acceptors (Lipinski definition) is 3. The van der Waals surface area contributed by atoms with Crippen molar-refractivity contribution < 1.29 is 11.3 Å². The minimum Gasteiger partial charge on any atom is -0.508 e. The van der Waals surface area contributed by atoms with E-state index in [0.29, 0.717) is 22.2 Å². The van der Waals surface area contributed by atoms with Crippen LogP contribution in [0.4, 0.5) is 5.69 Å². The van der Waals surface area contributed by atoms with Gasteiger partial charge in [-0.05, 0) is 40.2 Å². The molecule has 3 aromatic rings. The molecule has 29 heavy (non-hydrogen) atoms. The molecule has 1 amide bonds. The predicted octanol–water partition coefficient (Wildman–Crippen LogP) is 5.08. The molecule has 0 radical (unpaired) electrons. The van der Waals surface area contributed by atoms with E-state index in [-0.39, 0.29) is 29.1 Å². The smallest absolute Gasteiger partial charge is 0.261 e. The van der Waals surface area contributed by atoms with E-state index in [1.807, 2.05) is 46.8 Å². The first-order valence-corrected chi connectivity index (χ1v) is 9.54. The van der Waals surface area contributed by atoms with Crippen molar-refractivity contribution in [3.63, 3.8) is 0 Å². The Morgan fingerprint density at radius 3 is 2.41 bits per heavy atom. The summed E-state index contributed by atoms with van der Waals surface area (Å²) in [6.07, 6.45) is 1.41. The molecule has 0 aliphatic rings. The van der Waals surface area contributed by atoms with Gasteiger partial charge in [0.1, 0.15) is 11.3 Å². The number of amides is 1. The molecule has 5 nitrogen and oxygen atoms in total. The van der Waals surface area contributed by atoms with Crippen molar-refractivity contribution in [3.05, 3.63) is 69.5 Å². The highest BCUT2D eigenvalue weighted by atomic mass is 16.3. The van der Waals surface area contributed by atoms with Gasteiger partial charge >= 0.3 is 0 Å². The highest BCUT2D eigenvalue weighted by Crippen LogP contribution is 2.39. The van der Waals surface area contributed by atoms with Crippen LogP contribution in [0.3, 0.4) is 0 Å². The van der Waals surface area contributed by atoms with E-state index in [2.05, 4.69) is 10.3 Å². The molecule has 0 fully saturated rings. The minimum absolute atomic E-state index is 0.00335. The quantitative estimate of drug-likeness (QED) is 0.568. The lowest BCUT2D eigenvalue weighted by Gasteiger charge is -2.28. The average molecular weight is 394 g/mol. The third-order valence-electron chi connectivity index (χ3n) is 4.95. The second-order valence-corrected chi connectivity index (χ2v) is 9.08. The van der Waals surface area contributed by atoms with Crippen molar-refractivity contribution in [3.8, 4) is 5.75 Å². The van der Waals surface area contributed by atoms with Crippen LogP contribution in [0.2, 0.25) is 0 Å². The number of benzene rings is 2. The number of H-pyrrole nitrogens is 1. The van der Waals surface area contributed by atoms with E-state index < -0.39 is 11.3 Å². The normalized spacial score (nSPS) is 12.7. The van der Waals surface area contributed by atoms with Crippen molar-refractivity contribution in [1.29, 1.82) is 0 Å². The Balaban J connectivity index is 2.08. The van der Waals surface area contributed by atoms with Crippen LogP contribution < -0.4 is 10.7 Å². The van der Waals surface area contributed by atoms with E-state index in [1.54, 1.807) is 18.2 Å². The van der Waals surface area contributed by atoms with Gasteiger partial charge in [0, 0.05) is 30.2 Å². The van der Waals surface area contributed by atoms with Gasteiger partial charge in [0.15, 0.2) is 0 Å². The van der Waals surface area contributed by atoms with Crippen molar-refractivity contribution in [2.75, 3.05) is 5.32 Å². The number of aromatic amines is 1. The fourth-order valence-electron chi connectivity index (χ4n) is 3.38. The van der Waals surface area contributed by atoms with E-state index in [9.17, 15) is 14.7 Å². The third-order valence-corrected chi connectivity index (χ3v) is 4.95. The molecule has 0 aliphatic carbocycles.